The Morgan fingerprint density at radius 1 is 1.19 bits per heavy atom. The third kappa shape index (κ3) is 3.50. The number of nitrogens with one attached hydrogen (secondary N) is 1. The summed E-state index contributed by atoms with van der Waals surface area (Å²) in [4.78, 5) is 26.1. The predicted octanol–water partition coefficient (Wildman–Crippen LogP) is 3.94. The molecule has 6 nitrogen and oxygen atoms in total. The molecule has 1 heterocycles. The molecule has 2 N–H and O–H groups in total. The number of carbonyl (C=O) groups is 1. The van der Waals surface area contributed by atoms with Crippen molar-refractivity contribution in [2.24, 2.45) is 0 Å². The van der Waals surface area contributed by atoms with Crippen molar-refractivity contribution >= 4 is 22.4 Å². The van der Waals surface area contributed by atoms with Crippen molar-refractivity contribution in [3.63, 3.8) is 0 Å². The van der Waals surface area contributed by atoms with Crippen molar-refractivity contribution in [3.8, 4) is 0 Å². The highest BCUT2D eigenvalue weighted by Crippen LogP contribution is 2.35. The van der Waals surface area contributed by atoms with Gasteiger partial charge in [-0.15, -0.1) is 0 Å². The molecule has 0 aliphatic carbocycles. The minimum Gasteiger partial charge on any atom is -0.383 e. The van der Waals surface area contributed by atoms with Crippen molar-refractivity contribution in [3.05, 3.63) is 76.0 Å². The summed E-state index contributed by atoms with van der Waals surface area (Å²) in [6, 6.07) is 14.0. The summed E-state index contributed by atoms with van der Waals surface area (Å²) >= 11 is 0. The fraction of sp³-hybridized carbons (Fsp3) is 0.250. The Kier molecular flexibility index (Phi) is 4.61. The monoisotopic (exact) mass is 352 g/mol. The highest BCUT2D eigenvalue weighted by molar-refractivity contribution is 5.89. The van der Waals surface area contributed by atoms with Crippen LogP contribution in [0.3, 0.4) is 0 Å². The molecule has 2 aromatic carbocycles. The summed E-state index contributed by atoms with van der Waals surface area (Å²) in [6.45, 7) is 2.94. The summed E-state index contributed by atoms with van der Waals surface area (Å²) in [6.07, 6.45) is 1.96. The maximum atomic E-state index is 12.5. The largest absolute Gasteiger partial charge is 0.383 e. The first kappa shape index (κ1) is 17.8. The number of nitrogens with zero attached hydrogens (tertiary/aromatic N) is 1. The number of Topliss-reactive ketones (excluding diaryl/α,β-unsaturated/α-hetero) is 1. The van der Waals surface area contributed by atoms with Crippen LogP contribution < -0.4 is 0 Å². The van der Waals surface area contributed by atoms with Crippen LogP contribution in [0.1, 0.15) is 37.3 Å². The van der Waals surface area contributed by atoms with E-state index in [0.717, 1.165) is 22.0 Å². The number of aromatic nitrogens is 1. The average Bonchev–Trinajstić information content (AvgIpc) is 3.02. The Morgan fingerprint density at radius 3 is 2.46 bits per heavy atom. The number of hydrogen-bond acceptors (Lipinski definition) is 4. The van der Waals surface area contributed by atoms with Gasteiger partial charge >= 0.3 is 0 Å². The van der Waals surface area contributed by atoms with Crippen molar-refractivity contribution in [2.75, 3.05) is 0 Å². The number of fused-ring (bicyclic) bond motifs is 1. The van der Waals surface area contributed by atoms with E-state index in [1.807, 2.05) is 30.5 Å². The number of H-pyrrole nitrogens is 1. The third-order valence-electron chi connectivity index (χ3n) is 4.57. The zero-order valence-electron chi connectivity index (χ0n) is 14.6. The van der Waals surface area contributed by atoms with Crippen LogP contribution in [0.25, 0.3) is 10.9 Å². The highest BCUT2D eigenvalue weighted by Gasteiger charge is 2.29. The van der Waals surface area contributed by atoms with Gasteiger partial charge in [-0.05, 0) is 31.0 Å². The van der Waals surface area contributed by atoms with Crippen molar-refractivity contribution in [1.29, 1.82) is 0 Å². The fourth-order valence-corrected chi connectivity index (χ4v) is 3.05. The summed E-state index contributed by atoms with van der Waals surface area (Å²) < 4.78 is 0. The van der Waals surface area contributed by atoms with Gasteiger partial charge in [0.05, 0.1) is 4.92 Å². The number of hydrogen-bond donors (Lipinski definition) is 2. The number of nitro benzene ring substituents is 1. The van der Waals surface area contributed by atoms with E-state index in [2.05, 4.69) is 4.98 Å². The minimum absolute atomic E-state index is 0.000223. The molecule has 0 aliphatic rings. The molecule has 3 aromatic rings. The number of benzene rings is 2. The first-order chi connectivity index (χ1) is 12.3. The van der Waals surface area contributed by atoms with E-state index in [1.165, 1.54) is 26.0 Å². The number of carbonyl (C=O) groups excluding carboxylic acids is 1. The van der Waals surface area contributed by atoms with Gasteiger partial charge in [0.2, 0.25) is 0 Å². The van der Waals surface area contributed by atoms with Gasteiger partial charge in [0.15, 0.2) is 5.78 Å². The van der Waals surface area contributed by atoms with E-state index >= 15 is 0 Å². The van der Waals surface area contributed by atoms with E-state index in [1.54, 1.807) is 12.1 Å². The first-order valence-corrected chi connectivity index (χ1v) is 8.33. The first-order valence-electron chi connectivity index (χ1n) is 8.33. The Morgan fingerprint density at radius 2 is 1.85 bits per heavy atom. The number of aromatic amines is 1. The van der Waals surface area contributed by atoms with Crippen molar-refractivity contribution < 1.29 is 14.8 Å². The van der Waals surface area contributed by atoms with Crippen LogP contribution in [0.5, 0.6) is 0 Å². The molecule has 1 aromatic heterocycles. The van der Waals surface area contributed by atoms with Crippen LogP contribution in [0.2, 0.25) is 0 Å². The van der Waals surface area contributed by atoms with Gasteiger partial charge in [0, 0.05) is 41.6 Å². The lowest BCUT2D eigenvalue weighted by atomic mass is 9.84. The van der Waals surface area contributed by atoms with Gasteiger partial charge in [-0.25, -0.2) is 0 Å². The van der Waals surface area contributed by atoms with Gasteiger partial charge in [-0.2, -0.15) is 0 Å². The molecular weight excluding hydrogens is 332 g/mol. The zero-order valence-corrected chi connectivity index (χ0v) is 14.6. The number of aliphatic hydroxyl groups is 1. The van der Waals surface area contributed by atoms with Crippen molar-refractivity contribution in [2.45, 2.75) is 31.8 Å². The molecule has 134 valence electrons. The van der Waals surface area contributed by atoms with Gasteiger partial charge in [-0.1, -0.05) is 30.3 Å². The predicted molar refractivity (Wildman–Crippen MR) is 99.2 cm³/mol. The molecular formula is C20H20N2O4. The molecule has 26 heavy (non-hydrogen) atoms. The standard InChI is InChI=1S/C20H20N2O4/c1-20(2,24)19(23)11-16(13-7-9-14(10-8-13)22(25)26)17-12-21-18-6-4-3-5-15(17)18/h3-10,12,16,21,24H,11H2,1-2H3/t16-/m1/s1. The molecule has 0 unspecified atom stereocenters. The molecule has 6 heteroatoms. The van der Waals surface area contributed by atoms with E-state index in [0.29, 0.717) is 0 Å². The van der Waals surface area contributed by atoms with Crippen LogP contribution in [-0.2, 0) is 4.79 Å². The normalized spacial score (nSPS) is 12.9. The Hall–Kier alpha value is -2.99. The number of para-hydroxylation sites is 1. The molecule has 0 saturated heterocycles. The summed E-state index contributed by atoms with van der Waals surface area (Å²) in [5.41, 5.74) is 1.22. The maximum Gasteiger partial charge on any atom is 0.269 e. The topological polar surface area (TPSA) is 96.2 Å². The number of ketones is 1. The van der Waals surface area contributed by atoms with Crippen LogP contribution in [0.15, 0.2) is 54.7 Å². The third-order valence-corrected chi connectivity index (χ3v) is 4.57. The molecule has 0 radical (unpaired) electrons. The summed E-state index contributed by atoms with van der Waals surface area (Å²) in [5, 5.41) is 22.0. The number of rotatable bonds is 6. The second kappa shape index (κ2) is 6.72. The van der Waals surface area contributed by atoms with E-state index in [-0.39, 0.29) is 23.8 Å². The highest BCUT2D eigenvalue weighted by atomic mass is 16.6. The van der Waals surface area contributed by atoms with Crippen LogP contribution in [0, 0.1) is 10.1 Å². The summed E-state index contributed by atoms with van der Waals surface area (Å²) in [5.74, 6) is -0.600. The molecule has 0 spiro atoms. The molecule has 0 aliphatic heterocycles. The van der Waals surface area contributed by atoms with Gasteiger partial charge in [0.25, 0.3) is 5.69 Å². The fourth-order valence-electron chi connectivity index (χ4n) is 3.05. The zero-order chi connectivity index (χ0) is 18.9. The maximum absolute atomic E-state index is 12.5. The van der Waals surface area contributed by atoms with E-state index < -0.39 is 10.5 Å². The smallest absolute Gasteiger partial charge is 0.269 e. The van der Waals surface area contributed by atoms with E-state index in [9.17, 15) is 20.0 Å². The molecule has 0 amide bonds. The van der Waals surface area contributed by atoms with Crippen LogP contribution in [-0.4, -0.2) is 26.4 Å². The van der Waals surface area contributed by atoms with Crippen LogP contribution in [0.4, 0.5) is 5.69 Å². The summed E-state index contributed by atoms with van der Waals surface area (Å²) in [7, 11) is 0. The van der Waals surface area contributed by atoms with Crippen LogP contribution >= 0.6 is 0 Å². The lowest BCUT2D eigenvalue weighted by molar-refractivity contribution is -0.384. The molecule has 3 rings (SSSR count). The lowest BCUT2D eigenvalue weighted by Gasteiger charge is -2.21. The van der Waals surface area contributed by atoms with E-state index in [4.69, 9.17) is 0 Å². The van der Waals surface area contributed by atoms with Gasteiger partial charge in [0.1, 0.15) is 5.60 Å². The number of nitro groups is 1. The molecule has 0 bridgehead atoms. The minimum atomic E-state index is -1.44. The average molecular weight is 352 g/mol. The number of non-ortho nitro benzene ring substituents is 1. The Labute approximate surface area is 150 Å². The quantitative estimate of drug-likeness (QED) is 0.519. The second-order valence-corrected chi connectivity index (χ2v) is 6.88. The van der Waals surface area contributed by atoms with Crippen molar-refractivity contribution in [1.82, 2.24) is 4.98 Å². The Bertz CT molecular complexity index is 952. The van der Waals surface area contributed by atoms with Gasteiger partial charge < -0.3 is 10.1 Å². The molecule has 0 saturated carbocycles. The SMILES string of the molecule is CC(C)(O)C(=O)C[C@H](c1ccc([N+](=O)[O-])cc1)c1c[nH]c2ccccc12. The second-order valence-electron chi connectivity index (χ2n) is 6.88. The van der Waals surface area contributed by atoms with Gasteiger partial charge in [-0.3, -0.25) is 14.9 Å². The lowest BCUT2D eigenvalue weighted by Crippen LogP contribution is -2.32. The Balaban J connectivity index is 2.07. The molecule has 0 fully saturated rings. The molecule has 1 atom stereocenters.